The number of nitrogens with one attached hydrogen (secondary N) is 1. The Balaban J connectivity index is 2.49. The first kappa shape index (κ1) is 13.4. The fraction of sp³-hybridized carbons (Fsp3) is 0.538. The Hall–Kier alpha value is -0.670. The van der Waals surface area contributed by atoms with E-state index in [1.807, 2.05) is 11.8 Å². The molecule has 1 aromatic rings. The van der Waals surface area contributed by atoms with Crippen molar-refractivity contribution in [2.45, 2.75) is 25.7 Å². The maximum absolute atomic E-state index is 5.69. The van der Waals surface area contributed by atoms with Crippen LogP contribution in [0.2, 0.25) is 0 Å². The average molecular weight is 238 g/mol. The fourth-order valence-corrected chi connectivity index (χ4v) is 1.91. The van der Waals surface area contributed by atoms with Crippen molar-refractivity contribution < 1.29 is 0 Å². The number of benzene rings is 1. The lowest BCUT2D eigenvalue weighted by Crippen LogP contribution is -2.31. The molecule has 0 bridgehead atoms. The van der Waals surface area contributed by atoms with Gasteiger partial charge in [0.05, 0.1) is 0 Å². The van der Waals surface area contributed by atoms with E-state index in [2.05, 4.69) is 50.4 Å². The normalized spacial score (nSPS) is 11.5. The van der Waals surface area contributed by atoms with Crippen molar-refractivity contribution in [3.8, 4) is 0 Å². The van der Waals surface area contributed by atoms with E-state index < -0.39 is 0 Å². The minimum Gasteiger partial charge on any atom is -0.384 e. The Bertz CT molecular complexity index is 306. The van der Waals surface area contributed by atoms with Crippen molar-refractivity contribution in [3.05, 3.63) is 24.3 Å². The first-order valence-corrected chi connectivity index (χ1v) is 6.73. The van der Waals surface area contributed by atoms with Gasteiger partial charge in [-0.1, -0.05) is 20.8 Å². The van der Waals surface area contributed by atoms with Crippen molar-refractivity contribution in [3.63, 3.8) is 0 Å². The van der Waals surface area contributed by atoms with E-state index in [-0.39, 0.29) is 5.41 Å². The van der Waals surface area contributed by atoms with Gasteiger partial charge in [-0.3, -0.25) is 0 Å². The highest BCUT2D eigenvalue weighted by atomic mass is 32.2. The van der Waals surface area contributed by atoms with Crippen molar-refractivity contribution >= 4 is 17.4 Å². The van der Waals surface area contributed by atoms with E-state index in [0.717, 1.165) is 12.3 Å². The molecule has 0 unspecified atom stereocenters. The SMILES string of the molecule is CCSc1ccc(NCC(C)(C)CN)cc1. The van der Waals surface area contributed by atoms with E-state index in [4.69, 9.17) is 5.73 Å². The summed E-state index contributed by atoms with van der Waals surface area (Å²) in [7, 11) is 0. The number of thioether (sulfide) groups is 1. The Morgan fingerprint density at radius 1 is 1.25 bits per heavy atom. The molecular formula is C13H22N2S. The van der Waals surface area contributed by atoms with Crippen molar-refractivity contribution in [2.24, 2.45) is 11.1 Å². The molecule has 0 amide bonds. The molecule has 0 fully saturated rings. The van der Waals surface area contributed by atoms with E-state index >= 15 is 0 Å². The second-order valence-corrected chi connectivity index (χ2v) is 6.02. The zero-order valence-corrected chi connectivity index (χ0v) is 11.2. The molecule has 2 nitrogen and oxygen atoms in total. The number of nitrogens with two attached hydrogens (primary N) is 1. The molecule has 16 heavy (non-hydrogen) atoms. The molecular weight excluding hydrogens is 216 g/mol. The van der Waals surface area contributed by atoms with Gasteiger partial charge in [0.15, 0.2) is 0 Å². The van der Waals surface area contributed by atoms with Gasteiger partial charge in [-0.2, -0.15) is 0 Å². The van der Waals surface area contributed by atoms with Gasteiger partial charge in [-0.25, -0.2) is 0 Å². The molecule has 3 N–H and O–H groups in total. The molecule has 0 aliphatic rings. The van der Waals surface area contributed by atoms with Gasteiger partial charge in [0.2, 0.25) is 0 Å². The Kier molecular flexibility index (Phi) is 5.16. The summed E-state index contributed by atoms with van der Waals surface area (Å²) >= 11 is 1.86. The van der Waals surface area contributed by atoms with Crippen LogP contribution in [0, 0.1) is 5.41 Å². The maximum atomic E-state index is 5.69. The van der Waals surface area contributed by atoms with Crippen molar-refractivity contribution in [1.29, 1.82) is 0 Å². The quantitative estimate of drug-likeness (QED) is 0.747. The summed E-state index contributed by atoms with van der Waals surface area (Å²) in [5.74, 6) is 1.12. The minimum atomic E-state index is 0.150. The molecule has 0 saturated carbocycles. The topological polar surface area (TPSA) is 38.0 Å². The monoisotopic (exact) mass is 238 g/mol. The van der Waals surface area contributed by atoms with Gasteiger partial charge >= 0.3 is 0 Å². The molecule has 0 aliphatic heterocycles. The Morgan fingerprint density at radius 3 is 2.38 bits per heavy atom. The van der Waals surface area contributed by atoms with Gasteiger partial charge in [-0.15, -0.1) is 11.8 Å². The summed E-state index contributed by atoms with van der Waals surface area (Å²) in [6.07, 6.45) is 0. The predicted octanol–water partition coefficient (Wildman–Crippen LogP) is 3.20. The largest absolute Gasteiger partial charge is 0.384 e. The van der Waals surface area contributed by atoms with Crippen molar-refractivity contribution in [2.75, 3.05) is 24.2 Å². The van der Waals surface area contributed by atoms with E-state index in [9.17, 15) is 0 Å². The van der Waals surface area contributed by atoms with Crippen molar-refractivity contribution in [1.82, 2.24) is 0 Å². The number of hydrogen-bond donors (Lipinski definition) is 2. The maximum Gasteiger partial charge on any atom is 0.0341 e. The summed E-state index contributed by atoms with van der Waals surface area (Å²) in [5.41, 5.74) is 7.01. The van der Waals surface area contributed by atoms with Crippen LogP contribution in [0.1, 0.15) is 20.8 Å². The van der Waals surface area contributed by atoms with Gasteiger partial charge in [0.1, 0.15) is 0 Å². The van der Waals surface area contributed by atoms with Crippen LogP contribution in [0.4, 0.5) is 5.69 Å². The summed E-state index contributed by atoms with van der Waals surface area (Å²) in [5, 5.41) is 3.42. The Labute approximate surface area is 103 Å². The highest BCUT2D eigenvalue weighted by molar-refractivity contribution is 7.99. The van der Waals surface area contributed by atoms with Crippen LogP contribution in [0.25, 0.3) is 0 Å². The molecule has 0 aromatic heterocycles. The van der Waals surface area contributed by atoms with Crippen LogP contribution in [-0.2, 0) is 0 Å². The van der Waals surface area contributed by atoms with Crippen LogP contribution in [0.5, 0.6) is 0 Å². The second kappa shape index (κ2) is 6.16. The van der Waals surface area contributed by atoms with Gasteiger partial charge < -0.3 is 11.1 Å². The van der Waals surface area contributed by atoms with Crippen LogP contribution >= 0.6 is 11.8 Å². The molecule has 1 rings (SSSR count). The standard InChI is InChI=1S/C13H22N2S/c1-4-16-12-7-5-11(6-8-12)15-10-13(2,3)9-14/h5-8,15H,4,9-10,14H2,1-3H3. The molecule has 0 saturated heterocycles. The Morgan fingerprint density at radius 2 is 1.88 bits per heavy atom. The molecule has 0 aliphatic carbocycles. The molecule has 0 heterocycles. The minimum absolute atomic E-state index is 0.150. The molecule has 1 aromatic carbocycles. The second-order valence-electron chi connectivity index (χ2n) is 4.68. The predicted molar refractivity (Wildman–Crippen MR) is 74.2 cm³/mol. The zero-order chi connectivity index (χ0) is 12.0. The van der Waals surface area contributed by atoms with Gasteiger partial charge in [0, 0.05) is 17.1 Å². The zero-order valence-electron chi connectivity index (χ0n) is 10.4. The van der Waals surface area contributed by atoms with Gasteiger partial charge in [0.25, 0.3) is 0 Å². The van der Waals surface area contributed by atoms with Crippen LogP contribution in [0.3, 0.4) is 0 Å². The van der Waals surface area contributed by atoms with Crippen LogP contribution in [0.15, 0.2) is 29.2 Å². The van der Waals surface area contributed by atoms with E-state index in [0.29, 0.717) is 6.54 Å². The molecule has 90 valence electrons. The third kappa shape index (κ3) is 4.45. The lowest BCUT2D eigenvalue weighted by molar-refractivity contribution is 0.405. The highest BCUT2D eigenvalue weighted by Crippen LogP contribution is 2.21. The number of rotatable bonds is 6. The summed E-state index contributed by atoms with van der Waals surface area (Å²) in [6.45, 7) is 8.11. The smallest absolute Gasteiger partial charge is 0.0341 e. The third-order valence-electron chi connectivity index (χ3n) is 2.49. The lowest BCUT2D eigenvalue weighted by atomic mass is 9.94. The summed E-state index contributed by atoms with van der Waals surface area (Å²) < 4.78 is 0. The summed E-state index contributed by atoms with van der Waals surface area (Å²) in [4.78, 5) is 1.33. The van der Waals surface area contributed by atoms with E-state index in [1.165, 1.54) is 10.6 Å². The first-order valence-electron chi connectivity index (χ1n) is 5.74. The van der Waals surface area contributed by atoms with E-state index in [1.54, 1.807) is 0 Å². The first-order chi connectivity index (χ1) is 7.57. The summed E-state index contributed by atoms with van der Waals surface area (Å²) in [6, 6.07) is 8.58. The molecule has 3 heteroatoms. The van der Waals surface area contributed by atoms with Crippen LogP contribution < -0.4 is 11.1 Å². The highest BCUT2D eigenvalue weighted by Gasteiger charge is 2.14. The molecule has 0 atom stereocenters. The molecule has 0 spiro atoms. The lowest BCUT2D eigenvalue weighted by Gasteiger charge is -2.23. The number of hydrogen-bond acceptors (Lipinski definition) is 3. The average Bonchev–Trinajstić information content (AvgIpc) is 2.29. The number of anilines is 1. The fourth-order valence-electron chi connectivity index (χ4n) is 1.25. The third-order valence-corrected chi connectivity index (χ3v) is 3.38. The molecule has 0 radical (unpaired) electrons. The van der Waals surface area contributed by atoms with Gasteiger partial charge in [-0.05, 0) is 42.0 Å². The van der Waals surface area contributed by atoms with Crippen LogP contribution in [-0.4, -0.2) is 18.8 Å².